The van der Waals surface area contributed by atoms with Crippen LogP contribution in [0.25, 0.3) is 0 Å². The molecule has 4 nitrogen and oxygen atoms in total. The molecular formula is C19H21N3OS2. The van der Waals surface area contributed by atoms with E-state index in [0.29, 0.717) is 0 Å². The number of carbonyl (C=O) groups excluding carboxylic acids is 1. The van der Waals surface area contributed by atoms with Crippen LogP contribution < -0.4 is 5.32 Å². The van der Waals surface area contributed by atoms with E-state index < -0.39 is 0 Å². The fourth-order valence-corrected chi connectivity index (χ4v) is 4.61. The third-order valence-electron chi connectivity index (χ3n) is 4.05. The van der Waals surface area contributed by atoms with Gasteiger partial charge in [0.05, 0.1) is 5.56 Å². The summed E-state index contributed by atoms with van der Waals surface area (Å²) in [6.45, 7) is 8.96. The molecular weight excluding hydrogens is 350 g/mol. The Morgan fingerprint density at radius 3 is 2.52 bits per heavy atom. The largest absolute Gasteiger partial charge is 0.349 e. The summed E-state index contributed by atoms with van der Waals surface area (Å²) in [6, 6.07) is 9.82. The second kappa shape index (κ2) is 7.45. The minimum absolute atomic E-state index is 0.0660. The molecule has 0 spiro atoms. The Morgan fingerprint density at radius 1 is 1.24 bits per heavy atom. The maximum atomic E-state index is 12.6. The molecule has 2 aromatic heterocycles. The SMILES string of the molecule is CCn1c(C)cc(C(=O)Nc2ccc(Sc3nc(C)cs3)cc2)c1C. The summed E-state index contributed by atoms with van der Waals surface area (Å²) in [4.78, 5) is 18.1. The second-order valence-corrected chi connectivity index (χ2v) is 8.04. The first-order valence-corrected chi connectivity index (χ1v) is 9.85. The molecule has 0 aliphatic rings. The van der Waals surface area contributed by atoms with Crippen molar-refractivity contribution in [2.75, 3.05) is 5.32 Å². The molecule has 0 unspecified atom stereocenters. The van der Waals surface area contributed by atoms with Gasteiger partial charge in [-0.3, -0.25) is 4.79 Å². The Bertz CT molecular complexity index is 894. The number of thiazole rings is 1. The molecule has 0 saturated carbocycles. The molecule has 0 aliphatic carbocycles. The topological polar surface area (TPSA) is 46.9 Å². The maximum Gasteiger partial charge on any atom is 0.257 e. The van der Waals surface area contributed by atoms with Crippen LogP contribution in [0.2, 0.25) is 0 Å². The number of hydrogen-bond donors (Lipinski definition) is 1. The summed E-state index contributed by atoms with van der Waals surface area (Å²) < 4.78 is 3.17. The molecule has 1 aromatic carbocycles. The number of rotatable bonds is 5. The number of aryl methyl sites for hydroxylation is 2. The van der Waals surface area contributed by atoms with Gasteiger partial charge in [0.25, 0.3) is 5.91 Å². The lowest BCUT2D eigenvalue weighted by Crippen LogP contribution is -2.13. The number of aromatic nitrogens is 2. The molecule has 0 aliphatic heterocycles. The van der Waals surface area contributed by atoms with E-state index >= 15 is 0 Å². The van der Waals surface area contributed by atoms with Gasteiger partial charge in [-0.15, -0.1) is 11.3 Å². The van der Waals surface area contributed by atoms with Crippen LogP contribution in [0.4, 0.5) is 5.69 Å². The fourth-order valence-electron chi connectivity index (χ4n) is 2.80. The van der Waals surface area contributed by atoms with Crippen LogP contribution >= 0.6 is 23.1 Å². The Morgan fingerprint density at radius 2 is 1.96 bits per heavy atom. The minimum Gasteiger partial charge on any atom is -0.349 e. The lowest BCUT2D eigenvalue weighted by molar-refractivity contribution is 0.102. The first-order chi connectivity index (χ1) is 12.0. The molecule has 6 heteroatoms. The zero-order valence-electron chi connectivity index (χ0n) is 14.8. The molecule has 3 rings (SSSR count). The van der Waals surface area contributed by atoms with E-state index in [4.69, 9.17) is 0 Å². The number of carbonyl (C=O) groups is 1. The van der Waals surface area contributed by atoms with Crippen molar-refractivity contribution in [3.05, 3.63) is 58.4 Å². The van der Waals surface area contributed by atoms with Crippen molar-refractivity contribution >= 4 is 34.7 Å². The van der Waals surface area contributed by atoms with Crippen LogP contribution in [0, 0.1) is 20.8 Å². The summed E-state index contributed by atoms with van der Waals surface area (Å²) in [7, 11) is 0. The highest BCUT2D eigenvalue weighted by molar-refractivity contribution is 8.01. The van der Waals surface area contributed by atoms with Gasteiger partial charge < -0.3 is 9.88 Å². The van der Waals surface area contributed by atoms with E-state index in [1.165, 1.54) is 0 Å². The van der Waals surface area contributed by atoms with Gasteiger partial charge in [0.1, 0.15) is 0 Å². The summed E-state index contributed by atoms with van der Waals surface area (Å²) in [5.41, 5.74) is 4.68. The number of nitrogens with zero attached hydrogens (tertiary/aromatic N) is 2. The average Bonchev–Trinajstić information content (AvgIpc) is 3.12. The molecule has 1 N–H and O–H groups in total. The second-order valence-electron chi connectivity index (χ2n) is 5.86. The van der Waals surface area contributed by atoms with E-state index in [1.807, 2.05) is 56.5 Å². The molecule has 0 atom stereocenters. The standard InChI is InChI=1S/C19H21N3OS2/c1-5-22-13(3)10-17(14(22)4)18(23)21-15-6-8-16(9-7-15)25-19-20-12(2)11-24-19/h6-11H,5H2,1-4H3,(H,21,23). The van der Waals surface area contributed by atoms with Gasteiger partial charge in [0.2, 0.25) is 0 Å². The lowest BCUT2D eigenvalue weighted by atomic mass is 10.2. The minimum atomic E-state index is -0.0660. The van der Waals surface area contributed by atoms with Gasteiger partial charge in [-0.2, -0.15) is 0 Å². The number of nitrogens with one attached hydrogen (secondary N) is 1. The summed E-state index contributed by atoms with van der Waals surface area (Å²) in [6.07, 6.45) is 0. The molecule has 0 bridgehead atoms. The normalized spacial score (nSPS) is 10.9. The van der Waals surface area contributed by atoms with Gasteiger partial charge >= 0.3 is 0 Å². The molecule has 25 heavy (non-hydrogen) atoms. The van der Waals surface area contributed by atoms with Gasteiger partial charge in [-0.1, -0.05) is 11.8 Å². The van der Waals surface area contributed by atoms with E-state index in [1.54, 1.807) is 23.1 Å². The molecule has 1 amide bonds. The summed E-state index contributed by atoms with van der Waals surface area (Å²) in [5.74, 6) is -0.0660. The van der Waals surface area contributed by atoms with Crippen molar-refractivity contribution < 1.29 is 4.79 Å². The quantitative estimate of drug-likeness (QED) is 0.662. The number of benzene rings is 1. The van der Waals surface area contributed by atoms with Gasteiger partial charge in [0, 0.05) is 39.6 Å². The molecule has 0 radical (unpaired) electrons. The summed E-state index contributed by atoms with van der Waals surface area (Å²) >= 11 is 3.28. The van der Waals surface area contributed by atoms with E-state index in [0.717, 1.165) is 44.1 Å². The van der Waals surface area contributed by atoms with Crippen LogP contribution in [0.1, 0.15) is 34.4 Å². The van der Waals surface area contributed by atoms with Crippen molar-refractivity contribution in [1.29, 1.82) is 0 Å². The van der Waals surface area contributed by atoms with E-state index in [2.05, 4.69) is 21.8 Å². The zero-order valence-corrected chi connectivity index (χ0v) is 16.4. The molecule has 0 saturated heterocycles. The number of anilines is 1. The van der Waals surface area contributed by atoms with Crippen molar-refractivity contribution in [2.45, 2.75) is 43.5 Å². The first kappa shape index (κ1) is 17.8. The van der Waals surface area contributed by atoms with Crippen molar-refractivity contribution in [3.8, 4) is 0 Å². The van der Waals surface area contributed by atoms with Crippen molar-refractivity contribution in [3.63, 3.8) is 0 Å². The number of hydrogen-bond acceptors (Lipinski definition) is 4. The monoisotopic (exact) mass is 371 g/mol. The molecule has 2 heterocycles. The predicted octanol–water partition coefficient (Wildman–Crippen LogP) is 5.29. The Hall–Kier alpha value is -2.05. The van der Waals surface area contributed by atoms with Gasteiger partial charge in [0.15, 0.2) is 4.34 Å². The van der Waals surface area contributed by atoms with Gasteiger partial charge in [-0.25, -0.2) is 4.98 Å². The highest BCUT2D eigenvalue weighted by atomic mass is 32.2. The van der Waals surface area contributed by atoms with Crippen LogP contribution in [0.5, 0.6) is 0 Å². The Balaban J connectivity index is 1.70. The third-order valence-corrected chi connectivity index (χ3v) is 6.11. The average molecular weight is 372 g/mol. The van der Waals surface area contributed by atoms with Crippen molar-refractivity contribution in [2.24, 2.45) is 0 Å². The molecule has 3 aromatic rings. The molecule has 130 valence electrons. The van der Waals surface area contributed by atoms with Crippen LogP contribution in [-0.4, -0.2) is 15.5 Å². The maximum absolute atomic E-state index is 12.6. The highest BCUT2D eigenvalue weighted by Gasteiger charge is 2.15. The first-order valence-electron chi connectivity index (χ1n) is 8.16. The lowest BCUT2D eigenvalue weighted by Gasteiger charge is -2.08. The van der Waals surface area contributed by atoms with Crippen LogP contribution in [0.15, 0.2) is 44.9 Å². The van der Waals surface area contributed by atoms with E-state index in [9.17, 15) is 4.79 Å². The van der Waals surface area contributed by atoms with E-state index in [-0.39, 0.29) is 5.91 Å². The third kappa shape index (κ3) is 3.96. The smallest absolute Gasteiger partial charge is 0.257 e. The predicted molar refractivity (Wildman–Crippen MR) is 105 cm³/mol. The zero-order chi connectivity index (χ0) is 18.0. The Labute approximate surface area is 156 Å². The van der Waals surface area contributed by atoms with Crippen molar-refractivity contribution in [1.82, 2.24) is 9.55 Å². The van der Waals surface area contributed by atoms with Crippen LogP contribution in [0.3, 0.4) is 0 Å². The Kier molecular flexibility index (Phi) is 5.30. The summed E-state index contributed by atoms with van der Waals surface area (Å²) in [5, 5.41) is 5.03. The number of amides is 1. The highest BCUT2D eigenvalue weighted by Crippen LogP contribution is 2.31. The molecule has 0 fully saturated rings. The van der Waals surface area contributed by atoms with Gasteiger partial charge in [-0.05, 0) is 58.0 Å². The van der Waals surface area contributed by atoms with Crippen LogP contribution in [-0.2, 0) is 6.54 Å². The fraction of sp³-hybridized carbons (Fsp3) is 0.263.